The van der Waals surface area contributed by atoms with Crippen molar-refractivity contribution in [1.29, 1.82) is 0 Å². The van der Waals surface area contributed by atoms with E-state index in [9.17, 15) is 9.90 Å². The highest BCUT2D eigenvalue weighted by atomic mass is 35.5. The number of hydrogen-bond donors (Lipinski definition) is 1. The number of halogens is 1. The fraction of sp³-hybridized carbons (Fsp3) is 0.409. The molecule has 2 aliphatic rings. The number of carbonyl (C=O) groups is 1. The summed E-state index contributed by atoms with van der Waals surface area (Å²) in [5.74, 6) is -0.114. The van der Waals surface area contributed by atoms with Gasteiger partial charge in [0.1, 0.15) is 5.75 Å². The molecule has 0 radical (unpaired) electrons. The van der Waals surface area contributed by atoms with Gasteiger partial charge < -0.3 is 19.6 Å². The van der Waals surface area contributed by atoms with Crippen LogP contribution in [0.1, 0.15) is 34.8 Å². The number of phenolic OH excluding ortho intramolecular Hbond substituents is 1. The Morgan fingerprint density at radius 2 is 1.86 bits per heavy atom. The highest BCUT2D eigenvalue weighted by molar-refractivity contribution is 6.32. The highest BCUT2D eigenvalue weighted by Gasteiger charge is 2.38. The van der Waals surface area contributed by atoms with Crippen molar-refractivity contribution in [3.8, 4) is 5.75 Å². The lowest BCUT2D eigenvalue weighted by atomic mass is 9.96. The molecule has 2 aromatic carbocycles. The number of aromatic hydroxyl groups is 1. The molecule has 2 atom stereocenters. The third-order valence-electron chi connectivity index (χ3n) is 5.59. The van der Waals surface area contributed by atoms with Crippen LogP contribution in [0.2, 0.25) is 5.02 Å². The van der Waals surface area contributed by atoms with Gasteiger partial charge in [0, 0.05) is 18.7 Å². The third-order valence-corrected chi connectivity index (χ3v) is 5.89. The lowest BCUT2D eigenvalue weighted by Gasteiger charge is -2.42. The fourth-order valence-electron chi connectivity index (χ4n) is 4.18. The van der Waals surface area contributed by atoms with Gasteiger partial charge in [-0.25, -0.2) is 0 Å². The highest BCUT2D eigenvalue weighted by Crippen LogP contribution is 2.33. The first kappa shape index (κ1) is 19.2. The van der Waals surface area contributed by atoms with Crippen molar-refractivity contribution in [1.82, 2.24) is 9.80 Å². The first-order chi connectivity index (χ1) is 13.6. The monoisotopic (exact) mass is 400 g/mol. The predicted molar refractivity (Wildman–Crippen MR) is 109 cm³/mol. The number of morpholine rings is 1. The summed E-state index contributed by atoms with van der Waals surface area (Å²) < 4.78 is 6.16. The van der Waals surface area contributed by atoms with Crippen LogP contribution in [0.3, 0.4) is 0 Å². The van der Waals surface area contributed by atoms with Gasteiger partial charge in [0.15, 0.2) is 0 Å². The number of likely N-dealkylation sites (tertiary alicyclic amines) is 1. The summed E-state index contributed by atoms with van der Waals surface area (Å²) in [4.78, 5) is 17.7. The second-order valence-corrected chi connectivity index (χ2v) is 7.84. The Morgan fingerprint density at radius 3 is 2.57 bits per heavy atom. The zero-order valence-corrected chi connectivity index (χ0v) is 16.5. The Hall–Kier alpha value is -2.08. The molecule has 1 amide bonds. The van der Waals surface area contributed by atoms with Crippen LogP contribution in [0.25, 0.3) is 0 Å². The van der Waals surface area contributed by atoms with Crippen molar-refractivity contribution < 1.29 is 14.6 Å². The van der Waals surface area contributed by atoms with E-state index in [0.717, 1.165) is 25.2 Å². The van der Waals surface area contributed by atoms with Crippen molar-refractivity contribution in [3.05, 3.63) is 64.7 Å². The molecule has 0 unspecified atom stereocenters. The number of hydrogen-bond acceptors (Lipinski definition) is 4. The molecule has 0 spiro atoms. The zero-order chi connectivity index (χ0) is 19.5. The summed E-state index contributed by atoms with van der Waals surface area (Å²) >= 11 is 6.04. The van der Waals surface area contributed by atoms with Crippen LogP contribution in [0.5, 0.6) is 5.75 Å². The largest absolute Gasteiger partial charge is 0.506 e. The van der Waals surface area contributed by atoms with Gasteiger partial charge in [0.25, 0.3) is 5.91 Å². The van der Waals surface area contributed by atoms with Gasteiger partial charge in [-0.05, 0) is 49.7 Å². The summed E-state index contributed by atoms with van der Waals surface area (Å²) in [5, 5.41) is 9.87. The molecule has 0 aromatic heterocycles. The number of nitrogens with zero attached hydrogens (tertiary/aromatic N) is 2. The molecule has 0 saturated carbocycles. The van der Waals surface area contributed by atoms with Gasteiger partial charge in [0.05, 0.1) is 23.8 Å². The summed E-state index contributed by atoms with van der Waals surface area (Å²) in [7, 11) is 0. The fourth-order valence-corrected chi connectivity index (χ4v) is 4.36. The lowest BCUT2D eigenvalue weighted by Crippen LogP contribution is -2.51. The maximum Gasteiger partial charge on any atom is 0.254 e. The van der Waals surface area contributed by atoms with Gasteiger partial charge >= 0.3 is 0 Å². The van der Waals surface area contributed by atoms with E-state index in [4.69, 9.17) is 16.3 Å². The van der Waals surface area contributed by atoms with E-state index >= 15 is 0 Å². The van der Waals surface area contributed by atoms with E-state index < -0.39 is 0 Å². The minimum atomic E-state index is -0.157. The second-order valence-electron chi connectivity index (χ2n) is 7.44. The average Bonchev–Trinajstić information content (AvgIpc) is 3.23. The Kier molecular flexibility index (Phi) is 5.85. The van der Waals surface area contributed by atoms with Gasteiger partial charge in [0.2, 0.25) is 0 Å². The molecule has 2 aliphatic heterocycles. The molecule has 2 heterocycles. The minimum Gasteiger partial charge on any atom is -0.506 e. The number of rotatable bonds is 4. The lowest BCUT2D eigenvalue weighted by molar-refractivity contribution is -0.0707. The topological polar surface area (TPSA) is 53.0 Å². The van der Waals surface area contributed by atoms with Crippen LogP contribution in [0.4, 0.5) is 0 Å². The van der Waals surface area contributed by atoms with Gasteiger partial charge in [-0.1, -0.05) is 41.9 Å². The van der Waals surface area contributed by atoms with Gasteiger partial charge in [-0.15, -0.1) is 0 Å². The number of amides is 1. The van der Waals surface area contributed by atoms with Crippen LogP contribution in [0.15, 0.2) is 48.5 Å². The molecule has 2 fully saturated rings. The van der Waals surface area contributed by atoms with E-state index in [-0.39, 0.29) is 28.8 Å². The van der Waals surface area contributed by atoms with Crippen LogP contribution in [-0.2, 0) is 4.74 Å². The standard InChI is InChI=1S/C22H25ClN2O3/c23-18-14-17(8-9-19(18)26)22(27)25-12-13-28-20(15-24-10-4-5-11-24)21(25)16-6-2-1-3-7-16/h1-3,6-9,14,20-21,26H,4-5,10-13,15H2/t20-,21-/m0/s1. The van der Waals surface area contributed by atoms with E-state index in [1.165, 1.54) is 25.0 Å². The Labute approximate surface area is 170 Å². The molecule has 28 heavy (non-hydrogen) atoms. The van der Waals surface area contributed by atoms with E-state index in [0.29, 0.717) is 18.7 Å². The maximum atomic E-state index is 13.3. The Balaban J connectivity index is 1.64. The molecule has 0 bridgehead atoms. The number of ether oxygens (including phenoxy) is 1. The minimum absolute atomic E-state index is 0.0216. The van der Waals surface area contributed by atoms with Crippen molar-refractivity contribution in [2.24, 2.45) is 0 Å². The molecule has 5 nitrogen and oxygen atoms in total. The van der Waals surface area contributed by atoms with E-state index in [1.54, 1.807) is 6.07 Å². The molecule has 148 valence electrons. The van der Waals surface area contributed by atoms with Crippen molar-refractivity contribution in [2.75, 3.05) is 32.8 Å². The predicted octanol–water partition coefficient (Wildman–Crippen LogP) is 3.72. The average molecular weight is 401 g/mol. The van der Waals surface area contributed by atoms with E-state index in [1.807, 2.05) is 23.1 Å². The van der Waals surface area contributed by atoms with Crippen LogP contribution in [-0.4, -0.2) is 59.7 Å². The van der Waals surface area contributed by atoms with Gasteiger partial charge in [-0.3, -0.25) is 4.79 Å². The van der Waals surface area contributed by atoms with Crippen LogP contribution < -0.4 is 0 Å². The molecule has 2 aromatic rings. The SMILES string of the molecule is O=C(c1ccc(O)c(Cl)c1)N1CCO[C@@H](CN2CCCC2)[C@@H]1c1ccccc1. The molecule has 4 rings (SSSR count). The Morgan fingerprint density at radius 1 is 1.11 bits per heavy atom. The first-order valence-corrected chi connectivity index (χ1v) is 10.2. The van der Waals surface area contributed by atoms with Crippen molar-refractivity contribution >= 4 is 17.5 Å². The number of benzene rings is 2. The first-order valence-electron chi connectivity index (χ1n) is 9.82. The maximum absolute atomic E-state index is 13.3. The summed E-state index contributed by atoms with van der Waals surface area (Å²) in [5.41, 5.74) is 1.55. The Bertz CT molecular complexity index is 824. The summed E-state index contributed by atoms with van der Waals surface area (Å²) in [6, 6.07) is 14.6. The summed E-state index contributed by atoms with van der Waals surface area (Å²) in [6.07, 6.45) is 2.36. The zero-order valence-electron chi connectivity index (χ0n) is 15.8. The van der Waals surface area contributed by atoms with Crippen molar-refractivity contribution in [2.45, 2.75) is 25.0 Å². The normalized spacial score (nSPS) is 23.1. The molecule has 0 aliphatic carbocycles. The van der Waals surface area contributed by atoms with Crippen LogP contribution >= 0.6 is 11.6 Å². The smallest absolute Gasteiger partial charge is 0.254 e. The summed E-state index contributed by atoms with van der Waals surface area (Å²) in [6.45, 7) is 4.03. The molecular weight excluding hydrogens is 376 g/mol. The molecule has 1 N–H and O–H groups in total. The third kappa shape index (κ3) is 4.02. The molecule has 2 saturated heterocycles. The quantitative estimate of drug-likeness (QED) is 0.849. The molecular formula is C22H25ClN2O3. The molecule has 6 heteroatoms. The van der Waals surface area contributed by atoms with Crippen molar-refractivity contribution in [3.63, 3.8) is 0 Å². The number of phenols is 1. The van der Waals surface area contributed by atoms with E-state index in [2.05, 4.69) is 17.0 Å². The van der Waals surface area contributed by atoms with Gasteiger partial charge in [-0.2, -0.15) is 0 Å². The second kappa shape index (κ2) is 8.52. The number of carbonyl (C=O) groups excluding carboxylic acids is 1. The van der Waals surface area contributed by atoms with Crippen LogP contribution in [0, 0.1) is 0 Å².